The molecule has 122 valence electrons. The number of hydrogen-bond donors (Lipinski definition) is 1. The maximum atomic E-state index is 12.0. The number of aromatic nitrogens is 1. The molecule has 23 heavy (non-hydrogen) atoms. The number of pyridine rings is 1. The summed E-state index contributed by atoms with van der Waals surface area (Å²) in [5.41, 5.74) is 2.82. The molecule has 0 aliphatic carbocycles. The molecule has 1 aromatic carbocycles. The first-order chi connectivity index (χ1) is 10.8. The van der Waals surface area contributed by atoms with Crippen LogP contribution >= 0.6 is 0 Å². The highest BCUT2D eigenvalue weighted by molar-refractivity contribution is 5.91. The van der Waals surface area contributed by atoms with Crippen LogP contribution in [0.5, 0.6) is 0 Å². The molecule has 0 aliphatic rings. The summed E-state index contributed by atoms with van der Waals surface area (Å²) in [6.45, 7) is 5.50. The minimum Gasteiger partial charge on any atom is -0.444 e. The molecular weight excluding hydrogens is 290 g/mol. The van der Waals surface area contributed by atoms with Crippen molar-refractivity contribution in [1.82, 2.24) is 4.98 Å². The van der Waals surface area contributed by atoms with Gasteiger partial charge in [0, 0.05) is 31.5 Å². The van der Waals surface area contributed by atoms with Gasteiger partial charge in [0.2, 0.25) is 0 Å². The van der Waals surface area contributed by atoms with Gasteiger partial charge in [-0.25, -0.2) is 4.79 Å². The van der Waals surface area contributed by atoms with Crippen LogP contribution in [0.2, 0.25) is 0 Å². The highest BCUT2D eigenvalue weighted by Gasteiger charge is 2.17. The van der Waals surface area contributed by atoms with Crippen molar-refractivity contribution < 1.29 is 9.53 Å². The highest BCUT2D eigenvalue weighted by Crippen LogP contribution is 2.28. The first kappa shape index (κ1) is 16.8. The first-order valence-corrected chi connectivity index (χ1v) is 7.49. The normalized spacial score (nSPS) is 11.0. The van der Waals surface area contributed by atoms with E-state index in [1.54, 1.807) is 6.20 Å². The molecule has 1 N–H and O–H groups in total. The van der Waals surface area contributed by atoms with E-state index in [0.29, 0.717) is 5.69 Å². The predicted octanol–water partition coefficient (Wildman–Crippen LogP) is 4.16. The molecule has 1 heterocycles. The molecule has 0 saturated heterocycles. The van der Waals surface area contributed by atoms with Crippen molar-refractivity contribution in [2.75, 3.05) is 24.3 Å². The number of nitrogens with one attached hydrogen (secondary N) is 1. The Morgan fingerprint density at radius 3 is 2.52 bits per heavy atom. The van der Waals surface area contributed by atoms with Gasteiger partial charge in [-0.15, -0.1) is 0 Å². The molecule has 0 fully saturated rings. The van der Waals surface area contributed by atoms with Crippen molar-refractivity contribution in [3.8, 4) is 11.3 Å². The largest absolute Gasteiger partial charge is 0.444 e. The second-order valence-electron chi connectivity index (χ2n) is 6.47. The Hall–Kier alpha value is -2.56. The standard InChI is InChI=1S/C18H23N3O2/c1-18(2,3)23-17(22)20-15-9-7-6-8-14(15)16-12-13(21(4)5)10-11-19-16/h6-12H,1-5H3,(H,20,22). The van der Waals surface area contributed by atoms with Crippen LogP contribution in [0.4, 0.5) is 16.2 Å². The van der Waals surface area contributed by atoms with Crippen molar-refractivity contribution in [2.45, 2.75) is 26.4 Å². The van der Waals surface area contributed by atoms with E-state index in [9.17, 15) is 4.79 Å². The molecule has 0 atom stereocenters. The van der Waals surface area contributed by atoms with Crippen LogP contribution in [-0.2, 0) is 4.74 Å². The number of carbonyl (C=O) groups excluding carboxylic acids is 1. The van der Waals surface area contributed by atoms with Gasteiger partial charge in [-0.05, 0) is 39.0 Å². The lowest BCUT2D eigenvalue weighted by Gasteiger charge is -2.20. The van der Waals surface area contributed by atoms with Gasteiger partial charge in [0.05, 0.1) is 11.4 Å². The number of benzene rings is 1. The zero-order valence-electron chi connectivity index (χ0n) is 14.3. The van der Waals surface area contributed by atoms with E-state index in [1.165, 1.54) is 0 Å². The topological polar surface area (TPSA) is 54.5 Å². The number of amides is 1. The summed E-state index contributed by atoms with van der Waals surface area (Å²) in [5.74, 6) is 0. The van der Waals surface area contributed by atoms with E-state index in [-0.39, 0.29) is 0 Å². The average molecular weight is 313 g/mol. The molecule has 0 saturated carbocycles. The molecule has 0 radical (unpaired) electrons. The Balaban J connectivity index is 2.31. The van der Waals surface area contributed by atoms with Gasteiger partial charge in [-0.3, -0.25) is 10.3 Å². The Labute approximate surface area is 137 Å². The lowest BCUT2D eigenvalue weighted by molar-refractivity contribution is 0.0636. The van der Waals surface area contributed by atoms with E-state index < -0.39 is 11.7 Å². The fourth-order valence-electron chi connectivity index (χ4n) is 2.07. The number of rotatable bonds is 3. The van der Waals surface area contributed by atoms with Gasteiger partial charge in [-0.1, -0.05) is 18.2 Å². The van der Waals surface area contributed by atoms with E-state index in [1.807, 2.05) is 76.2 Å². The minimum atomic E-state index is -0.540. The fourth-order valence-corrected chi connectivity index (χ4v) is 2.07. The van der Waals surface area contributed by atoms with Crippen molar-refractivity contribution in [2.24, 2.45) is 0 Å². The van der Waals surface area contributed by atoms with Crippen LogP contribution in [0.1, 0.15) is 20.8 Å². The first-order valence-electron chi connectivity index (χ1n) is 7.49. The van der Waals surface area contributed by atoms with Gasteiger partial charge >= 0.3 is 6.09 Å². The molecule has 2 aromatic rings. The van der Waals surface area contributed by atoms with E-state index >= 15 is 0 Å². The summed E-state index contributed by atoms with van der Waals surface area (Å²) in [6.07, 6.45) is 1.28. The molecule has 5 nitrogen and oxygen atoms in total. The zero-order valence-corrected chi connectivity index (χ0v) is 14.3. The molecule has 0 bridgehead atoms. The van der Waals surface area contributed by atoms with Crippen LogP contribution in [0.25, 0.3) is 11.3 Å². The lowest BCUT2D eigenvalue weighted by atomic mass is 10.1. The molecule has 1 amide bonds. The number of carbonyl (C=O) groups is 1. The molecule has 0 unspecified atom stereocenters. The maximum Gasteiger partial charge on any atom is 0.412 e. The number of para-hydroxylation sites is 1. The molecular formula is C18H23N3O2. The SMILES string of the molecule is CN(C)c1ccnc(-c2ccccc2NC(=O)OC(C)(C)C)c1. The molecule has 0 aliphatic heterocycles. The van der Waals surface area contributed by atoms with Gasteiger partial charge in [0.1, 0.15) is 5.60 Å². The van der Waals surface area contributed by atoms with Crippen LogP contribution in [0.3, 0.4) is 0 Å². The van der Waals surface area contributed by atoms with Crippen molar-refractivity contribution >= 4 is 17.5 Å². The zero-order chi connectivity index (χ0) is 17.0. The van der Waals surface area contributed by atoms with Crippen molar-refractivity contribution in [3.63, 3.8) is 0 Å². The van der Waals surface area contributed by atoms with Crippen molar-refractivity contribution in [1.29, 1.82) is 0 Å². The van der Waals surface area contributed by atoms with Gasteiger partial charge in [0.15, 0.2) is 0 Å². The summed E-state index contributed by atoms with van der Waals surface area (Å²) >= 11 is 0. The number of nitrogens with zero attached hydrogens (tertiary/aromatic N) is 2. The van der Waals surface area contributed by atoms with E-state index in [4.69, 9.17) is 4.74 Å². The number of hydrogen-bond acceptors (Lipinski definition) is 4. The lowest BCUT2D eigenvalue weighted by Crippen LogP contribution is -2.27. The second kappa shape index (κ2) is 6.69. The minimum absolute atomic E-state index is 0.478. The maximum absolute atomic E-state index is 12.0. The summed E-state index contributed by atoms with van der Waals surface area (Å²) in [7, 11) is 3.95. The quantitative estimate of drug-likeness (QED) is 0.924. The summed E-state index contributed by atoms with van der Waals surface area (Å²) in [6, 6.07) is 11.5. The van der Waals surface area contributed by atoms with Gasteiger partial charge in [0.25, 0.3) is 0 Å². The average Bonchev–Trinajstić information content (AvgIpc) is 2.46. The summed E-state index contributed by atoms with van der Waals surface area (Å²) < 4.78 is 5.32. The van der Waals surface area contributed by atoms with Crippen LogP contribution < -0.4 is 10.2 Å². The number of ether oxygens (including phenoxy) is 1. The monoisotopic (exact) mass is 313 g/mol. The second-order valence-corrected chi connectivity index (χ2v) is 6.47. The Bertz CT molecular complexity index is 691. The molecule has 2 rings (SSSR count). The van der Waals surface area contributed by atoms with Gasteiger partial charge < -0.3 is 9.64 Å². The molecule has 1 aromatic heterocycles. The summed E-state index contributed by atoms with van der Waals surface area (Å²) in [4.78, 5) is 18.4. The molecule has 5 heteroatoms. The van der Waals surface area contributed by atoms with E-state index in [0.717, 1.165) is 16.9 Å². The predicted molar refractivity (Wildman–Crippen MR) is 93.9 cm³/mol. The summed E-state index contributed by atoms with van der Waals surface area (Å²) in [5, 5.41) is 2.80. The Morgan fingerprint density at radius 2 is 1.87 bits per heavy atom. The van der Waals surface area contributed by atoms with Crippen molar-refractivity contribution in [3.05, 3.63) is 42.6 Å². The van der Waals surface area contributed by atoms with Gasteiger partial charge in [-0.2, -0.15) is 0 Å². The molecule has 0 spiro atoms. The fraction of sp³-hybridized carbons (Fsp3) is 0.333. The van der Waals surface area contributed by atoms with Crippen LogP contribution in [-0.4, -0.2) is 30.8 Å². The third kappa shape index (κ3) is 4.71. The third-order valence-electron chi connectivity index (χ3n) is 3.10. The Kier molecular flexibility index (Phi) is 4.89. The van der Waals surface area contributed by atoms with Crippen LogP contribution in [0.15, 0.2) is 42.6 Å². The smallest absolute Gasteiger partial charge is 0.412 e. The number of anilines is 2. The Morgan fingerprint density at radius 1 is 1.17 bits per heavy atom. The third-order valence-corrected chi connectivity index (χ3v) is 3.10. The van der Waals surface area contributed by atoms with E-state index in [2.05, 4.69) is 10.3 Å². The van der Waals surface area contributed by atoms with Crippen LogP contribution in [0, 0.1) is 0 Å². The highest BCUT2D eigenvalue weighted by atomic mass is 16.6.